The number of carbonyl (C=O) groups is 2. The molecule has 0 atom stereocenters. The first kappa shape index (κ1) is 19.0. The minimum atomic E-state index is -0.583. The van der Waals surface area contributed by atoms with Crippen molar-refractivity contribution in [3.63, 3.8) is 0 Å². The summed E-state index contributed by atoms with van der Waals surface area (Å²) in [7, 11) is 0. The minimum Gasteiger partial charge on any atom is -0.384 e. The van der Waals surface area contributed by atoms with Gasteiger partial charge in [-0.25, -0.2) is 0 Å². The van der Waals surface area contributed by atoms with Gasteiger partial charge in [-0.3, -0.25) is 14.6 Å². The average molecular weight is 363 g/mol. The summed E-state index contributed by atoms with van der Waals surface area (Å²) >= 11 is 5.98. The van der Waals surface area contributed by atoms with E-state index in [1.807, 2.05) is 31.2 Å². The topological polar surface area (TPSA) is 83.1 Å². The summed E-state index contributed by atoms with van der Waals surface area (Å²) in [6.45, 7) is 3.66. The maximum Gasteiger partial charge on any atom is 0.309 e. The molecule has 3 N–H and O–H groups in total. The molecule has 2 rings (SSSR count). The molecule has 0 saturated heterocycles. The Morgan fingerprint density at radius 1 is 1.04 bits per heavy atom. The summed E-state index contributed by atoms with van der Waals surface area (Å²) in [6, 6.07) is 7.47. The van der Waals surface area contributed by atoms with Crippen LogP contribution in [0.2, 0.25) is 5.02 Å². The van der Waals surface area contributed by atoms with Gasteiger partial charge in [0.25, 0.3) is 0 Å². The van der Waals surface area contributed by atoms with Gasteiger partial charge in [-0.05, 0) is 37.1 Å². The molecule has 0 saturated carbocycles. The number of hydrogen-bond donors (Lipinski definition) is 3. The Hall–Kier alpha value is -2.34. The van der Waals surface area contributed by atoms with Crippen molar-refractivity contribution in [2.45, 2.75) is 26.2 Å². The Kier molecular flexibility index (Phi) is 7.47. The highest BCUT2D eigenvalue weighted by Gasteiger charge is 2.11. The quantitative estimate of drug-likeness (QED) is 0.498. The predicted molar refractivity (Wildman–Crippen MR) is 101 cm³/mol. The SMILES string of the molecule is CCCCNC(=O)C(=O)NCCCNc1ccnc2cc(Cl)ccc12. The van der Waals surface area contributed by atoms with Gasteiger partial charge in [-0.1, -0.05) is 24.9 Å². The number of nitrogens with one attached hydrogen (secondary N) is 3. The van der Waals surface area contributed by atoms with E-state index in [0.29, 0.717) is 31.1 Å². The van der Waals surface area contributed by atoms with Gasteiger partial charge in [0, 0.05) is 41.9 Å². The number of aromatic nitrogens is 1. The molecule has 0 radical (unpaired) electrons. The highest BCUT2D eigenvalue weighted by molar-refractivity contribution is 6.35. The molecule has 1 aromatic carbocycles. The van der Waals surface area contributed by atoms with E-state index < -0.39 is 11.8 Å². The number of halogens is 1. The third-order valence-electron chi connectivity index (χ3n) is 3.68. The van der Waals surface area contributed by atoms with E-state index in [2.05, 4.69) is 20.9 Å². The number of amides is 2. The molecule has 1 aromatic heterocycles. The van der Waals surface area contributed by atoms with Gasteiger partial charge in [0.2, 0.25) is 0 Å². The second kappa shape index (κ2) is 9.84. The van der Waals surface area contributed by atoms with Gasteiger partial charge in [0.15, 0.2) is 0 Å². The molecule has 0 aliphatic carbocycles. The monoisotopic (exact) mass is 362 g/mol. The van der Waals surface area contributed by atoms with Crippen LogP contribution in [0.4, 0.5) is 5.69 Å². The minimum absolute atomic E-state index is 0.432. The fourth-order valence-corrected chi connectivity index (χ4v) is 2.49. The van der Waals surface area contributed by atoms with Crippen molar-refractivity contribution < 1.29 is 9.59 Å². The van der Waals surface area contributed by atoms with Crippen LogP contribution in [-0.2, 0) is 9.59 Å². The van der Waals surface area contributed by atoms with Crippen molar-refractivity contribution in [2.24, 2.45) is 0 Å². The fraction of sp³-hybridized carbons (Fsp3) is 0.389. The van der Waals surface area contributed by atoms with Crippen molar-refractivity contribution in [2.75, 3.05) is 25.0 Å². The van der Waals surface area contributed by atoms with Crippen LogP contribution in [-0.4, -0.2) is 36.4 Å². The van der Waals surface area contributed by atoms with Gasteiger partial charge < -0.3 is 16.0 Å². The largest absolute Gasteiger partial charge is 0.384 e. The normalized spacial score (nSPS) is 10.5. The number of fused-ring (bicyclic) bond motifs is 1. The van der Waals surface area contributed by atoms with Crippen LogP contribution in [0.3, 0.4) is 0 Å². The van der Waals surface area contributed by atoms with Gasteiger partial charge in [-0.2, -0.15) is 0 Å². The number of hydrogen-bond acceptors (Lipinski definition) is 4. The molecule has 0 aliphatic rings. The molecule has 6 nitrogen and oxygen atoms in total. The first-order valence-electron chi connectivity index (χ1n) is 8.46. The van der Waals surface area contributed by atoms with E-state index in [9.17, 15) is 9.59 Å². The lowest BCUT2D eigenvalue weighted by molar-refractivity contribution is -0.139. The predicted octanol–water partition coefficient (Wildman–Crippen LogP) is 2.72. The van der Waals surface area contributed by atoms with E-state index in [-0.39, 0.29) is 0 Å². The molecule has 2 aromatic rings. The zero-order valence-corrected chi connectivity index (χ0v) is 15.0. The summed E-state index contributed by atoms with van der Waals surface area (Å²) in [5, 5.41) is 10.2. The standard InChI is InChI=1S/C18H23ClN4O2/c1-2-3-8-22-17(24)18(25)23-10-4-9-20-15-7-11-21-16-12-13(19)5-6-14(15)16/h5-7,11-12H,2-4,8-10H2,1H3,(H,20,21)(H,22,24)(H,23,25). The molecule has 0 fully saturated rings. The lowest BCUT2D eigenvalue weighted by Gasteiger charge is -2.10. The van der Waals surface area contributed by atoms with Crippen LogP contribution in [0.1, 0.15) is 26.2 Å². The number of unbranched alkanes of at least 4 members (excludes halogenated alkanes) is 1. The van der Waals surface area contributed by atoms with Gasteiger partial charge in [0.1, 0.15) is 0 Å². The Labute approximate surface area is 152 Å². The van der Waals surface area contributed by atoms with Crippen molar-refractivity contribution in [1.82, 2.24) is 15.6 Å². The highest BCUT2D eigenvalue weighted by atomic mass is 35.5. The molecular formula is C18H23ClN4O2. The van der Waals surface area contributed by atoms with Crippen molar-refractivity contribution in [3.8, 4) is 0 Å². The third-order valence-corrected chi connectivity index (χ3v) is 3.92. The van der Waals surface area contributed by atoms with E-state index in [4.69, 9.17) is 11.6 Å². The summed E-state index contributed by atoms with van der Waals surface area (Å²) in [6.07, 6.45) is 4.27. The van der Waals surface area contributed by atoms with Crippen molar-refractivity contribution >= 4 is 40.0 Å². The number of nitrogens with zero attached hydrogens (tertiary/aromatic N) is 1. The molecule has 0 aliphatic heterocycles. The van der Waals surface area contributed by atoms with Crippen LogP contribution in [0, 0.1) is 0 Å². The zero-order valence-electron chi connectivity index (χ0n) is 14.3. The highest BCUT2D eigenvalue weighted by Crippen LogP contribution is 2.24. The van der Waals surface area contributed by atoms with Crippen molar-refractivity contribution in [3.05, 3.63) is 35.5 Å². The maximum absolute atomic E-state index is 11.6. The Morgan fingerprint density at radius 3 is 2.48 bits per heavy atom. The van der Waals surface area contributed by atoms with E-state index in [1.54, 1.807) is 6.20 Å². The van der Waals surface area contributed by atoms with Crippen LogP contribution < -0.4 is 16.0 Å². The fourth-order valence-electron chi connectivity index (χ4n) is 2.33. The second-order valence-corrected chi connectivity index (χ2v) is 6.10. The lowest BCUT2D eigenvalue weighted by Crippen LogP contribution is -2.40. The molecule has 1 heterocycles. The molecule has 2 amide bonds. The number of carbonyl (C=O) groups excluding carboxylic acids is 2. The summed E-state index contributed by atoms with van der Waals surface area (Å²) in [4.78, 5) is 27.4. The number of pyridine rings is 1. The Bertz CT molecular complexity index is 736. The zero-order chi connectivity index (χ0) is 18.1. The summed E-state index contributed by atoms with van der Waals surface area (Å²) in [5.74, 6) is -1.15. The van der Waals surface area contributed by atoms with Crippen LogP contribution in [0.15, 0.2) is 30.5 Å². The smallest absolute Gasteiger partial charge is 0.309 e. The summed E-state index contributed by atoms with van der Waals surface area (Å²) in [5.41, 5.74) is 1.79. The van der Waals surface area contributed by atoms with E-state index in [0.717, 1.165) is 29.4 Å². The van der Waals surface area contributed by atoms with E-state index in [1.165, 1.54) is 0 Å². The number of benzene rings is 1. The summed E-state index contributed by atoms with van der Waals surface area (Å²) < 4.78 is 0. The average Bonchev–Trinajstić information content (AvgIpc) is 2.61. The molecule has 25 heavy (non-hydrogen) atoms. The van der Waals surface area contributed by atoms with Crippen LogP contribution in [0.25, 0.3) is 10.9 Å². The Balaban J connectivity index is 1.73. The van der Waals surface area contributed by atoms with Crippen molar-refractivity contribution in [1.29, 1.82) is 0 Å². The first-order chi connectivity index (χ1) is 12.1. The molecule has 134 valence electrons. The number of rotatable bonds is 8. The molecule has 7 heteroatoms. The Morgan fingerprint density at radius 2 is 1.76 bits per heavy atom. The maximum atomic E-state index is 11.6. The molecular weight excluding hydrogens is 340 g/mol. The first-order valence-corrected chi connectivity index (χ1v) is 8.83. The number of anilines is 1. The molecule has 0 spiro atoms. The van der Waals surface area contributed by atoms with Gasteiger partial charge in [-0.15, -0.1) is 0 Å². The molecule has 0 unspecified atom stereocenters. The van der Waals surface area contributed by atoms with Crippen LogP contribution >= 0.6 is 11.6 Å². The molecule has 0 bridgehead atoms. The van der Waals surface area contributed by atoms with Gasteiger partial charge >= 0.3 is 11.8 Å². The van der Waals surface area contributed by atoms with Crippen LogP contribution in [0.5, 0.6) is 0 Å². The van der Waals surface area contributed by atoms with Gasteiger partial charge in [0.05, 0.1) is 5.52 Å². The third kappa shape index (κ3) is 5.90. The van der Waals surface area contributed by atoms with E-state index >= 15 is 0 Å². The lowest BCUT2D eigenvalue weighted by atomic mass is 10.2. The second-order valence-electron chi connectivity index (χ2n) is 5.67.